The highest BCUT2D eigenvalue weighted by Crippen LogP contribution is 2.25. The lowest BCUT2D eigenvalue weighted by Gasteiger charge is -2.00. The molecule has 0 aliphatic rings. The van der Waals surface area contributed by atoms with E-state index in [9.17, 15) is 4.39 Å². The molecule has 0 saturated heterocycles. The number of furan rings is 1. The fourth-order valence-corrected chi connectivity index (χ4v) is 1.72. The third-order valence-corrected chi connectivity index (χ3v) is 2.60. The van der Waals surface area contributed by atoms with Crippen molar-refractivity contribution in [3.05, 3.63) is 35.3 Å². The first-order chi connectivity index (χ1) is 7.72. The van der Waals surface area contributed by atoms with Crippen molar-refractivity contribution in [2.45, 2.75) is 13.5 Å². The summed E-state index contributed by atoms with van der Waals surface area (Å²) in [5.41, 5.74) is 7.09. The molecule has 0 fully saturated rings. The predicted molar refractivity (Wildman–Crippen MR) is 61.7 cm³/mol. The number of halogens is 1. The lowest BCUT2D eigenvalue weighted by Crippen LogP contribution is -2.21. The molecule has 0 aliphatic heterocycles. The van der Waals surface area contributed by atoms with Crippen LogP contribution < -0.4 is 11.1 Å². The lowest BCUT2D eigenvalue weighted by molar-refractivity contribution is 0.512. The molecule has 2 aromatic rings. The quantitative estimate of drug-likeness (QED) is 0.777. The van der Waals surface area contributed by atoms with Crippen LogP contribution in [0.5, 0.6) is 0 Å². The van der Waals surface area contributed by atoms with Gasteiger partial charge in [-0.25, -0.2) is 4.39 Å². The van der Waals surface area contributed by atoms with Gasteiger partial charge in [-0.15, -0.1) is 0 Å². The third-order valence-electron chi connectivity index (χ3n) is 2.60. The average Bonchev–Trinajstić information content (AvgIpc) is 2.57. The Bertz CT molecular complexity index is 493. The Balaban J connectivity index is 2.29. The van der Waals surface area contributed by atoms with Crippen LogP contribution in [-0.2, 0) is 6.54 Å². The number of hydrogen-bond donors (Lipinski definition) is 2. The van der Waals surface area contributed by atoms with E-state index < -0.39 is 0 Å². The number of fused-ring (bicyclic) bond motifs is 1. The van der Waals surface area contributed by atoms with Crippen LogP contribution in [0.15, 0.2) is 22.6 Å². The van der Waals surface area contributed by atoms with Crippen molar-refractivity contribution in [3.8, 4) is 0 Å². The third kappa shape index (κ3) is 2.08. The molecule has 0 amide bonds. The number of hydrogen-bond acceptors (Lipinski definition) is 3. The van der Waals surface area contributed by atoms with Crippen molar-refractivity contribution in [1.82, 2.24) is 5.32 Å². The van der Waals surface area contributed by atoms with E-state index in [4.69, 9.17) is 10.2 Å². The zero-order chi connectivity index (χ0) is 11.5. The molecule has 0 radical (unpaired) electrons. The van der Waals surface area contributed by atoms with Gasteiger partial charge in [0.2, 0.25) is 0 Å². The van der Waals surface area contributed by atoms with Gasteiger partial charge in [-0.1, -0.05) is 0 Å². The average molecular weight is 222 g/mol. The molecule has 1 aromatic carbocycles. The van der Waals surface area contributed by atoms with Crippen LogP contribution in [0.3, 0.4) is 0 Å². The minimum Gasteiger partial charge on any atom is -0.459 e. The van der Waals surface area contributed by atoms with E-state index in [1.807, 2.05) is 6.92 Å². The van der Waals surface area contributed by atoms with Crippen molar-refractivity contribution in [2.24, 2.45) is 5.73 Å². The Morgan fingerprint density at radius 1 is 1.44 bits per heavy atom. The van der Waals surface area contributed by atoms with Gasteiger partial charge in [0.25, 0.3) is 0 Å². The van der Waals surface area contributed by atoms with Crippen LogP contribution in [-0.4, -0.2) is 13.1 Å². The van der Waals surface area contributed by atoms with Crippen molar-refractivity contribution in [2.75, 3.05) is 13.1 Å². The summed E-state index contributed by atoms with van der Waals surface area (Å²) in [6, 6.07) is 4.56. The molecule has 1 heterocycles. The normalized spacial score (nSPS) is 11.2. The molecule has 86 valence electrons. The zero-order valence-electron chi connectivity index (χ0n) is 9.22. The van der Waals surface area contributed by atoms with Crippen LogP contribution in [0, 0.1) is 12.7 Å². The van der Waals surface area contributed by atoms with Crippen LogP contribution in [0.1, 0.15) is 11.3 Å². The number of rotatable bonds is 4. The largest absolute Gasteiger partial charge is 0.459 e. The summed E-state index contributed by atoms with van der Waals surface area (Å²) in [7, 11) is 0. The van der Waals surface area contributed by atoms with Crippen molar-refractivity contribution >= 4 is 11.0 Å². The van der Waals surface area contributed by atoms with Gasteiger partial charge in [0, 0.05) is 18.5 Å². The van der Waals surface area contributed by atoms with E-state index in [-0.39, 0.29) is 5.82 Å². The first kappa shape index (κ1) is 11.1. The Labute approximate surface area is 93.4 Å². The highest BCUT2D eigenvalue weighted by Gasteiger charge is 2.10. The van der Waals surface area contributed by atoms with Crippen molar-refractivity contribution in [1.29, 1.82) is 0 Å². The van der Waals surface area contributed by atoms with E-state index in [1.165, 1.54) is 12.1 Å². The van der Waals surface area contributed by atoms with E-state index in [2.05, 4.69) is 5.32 Å². The van der Waals surface area contributed by atoms with E-state index in [0.29, 0.717) is 13.1 Å². The maximum absolute atomic E-state index is 13.1. The summed E-state index contributed by atoms with van der Waals surface area (Å²) in [6.45, 7) is 3.89. The topological polar surface area (TPSA) is 51.2 Å². The van der Waals surface area contributed by atoms with Gasteiger partial charge in [0.05, 0.1) is 6.54 Å². The number of benzene rings is 1. The molecule has 0 atom stereocenters. The van der Waals surface area contributed by atoms with Crippen LogP contribution in [0.4, 0.5) is 4.39 Å². The van der Waals surface area contributed by atoms with Gasteiger partial charge in [-0.2, -0.15) is 0 Å². The Hall–Kier alpha value is -1.39. The molecule has 16 heavy (non-hydrogen) atoms. The molecule has 0 unspecified atom stereocenters. The van der Waals surface area contributed by atoms with Gasteiger partial charge < -0.3 is 15.5 Å². The molecule has 4 heteroatoms. The molecule has 3 N–H and O–H groups in total. The second-order valence-electron chi connectivity index (χ2n) is 3.76. The lowest BCUT2D eigenvalue weighted by atomic mass is 10.1. The molecular formula is C12H15FN2O. The monoisotopic (exact) mass is 222 g/mol. The van der Waals surface area contributed by atoms with Gasteiger partial charge in [0.1, 0.15) is 17.2 Å². The van der Waals surface area contributed by atoms with Crippen LogP contribution in [0.25, 0.3) is 11.0 Å². The summed E-state index contributed by atoms with van der Waals surface area (Å²) in [5, 5.41) is 3.99. The highest BCUT2D eigenvalue weighted by molar-refractivity contribution is 5.82. The summed E-state index contributed by atoms with van der Waals surface area (Å²) < 4.78 is 18.7. The SMILES string of the molecule is Cc1c(CNCCN)oc2ccc(F)cc12. The number of aryl methyl sites for hydroxylation is 1. The van der Waals surface area contributed by atoms with Gasteiger partial charge in [-0.3, -0.25) is 0 Å². The van der Waals surface area contributed by atoms with Gasteiger partial charge in [0.15, 0.2) is 0 Å². The minimum atomic E-state index is -0.238. The summed E-state index contributed by atoms with van der Waals surface area (Å²) in [6.07, 6.45) is 0. The van der Waals surface area contributed by atoms with Crippen molar-refractivity contribution in [3.63, 3.8) is 0 Å². The second-order valence-corrected chi connectivity index (χ2v) is 3.76. The molecule has 0 bridgehead atoms. The van der Waals surface area contributed by atoms with Gasteiger partial charge >= 0.3 is 0 Å². The maximum Gasteiger partial charge on any atom is 0.134 e. The first-order valence-electron chi connectivity index (χ1n) is 5.30. The molecule has 1 aromatic heterocycles. The summed E-state index contributed by atoms with van der Waals surface area (Å²) in [5.74, 6) is 0.604. The second kappa shape index (κ2) is 4.63. The molecule has 0 aliphatic carbocycles. The van der Waals surface area contributed by atoms with Gasteiger partial charge in [-0.05, 0) is 30.7 Å². The number of nitrogens with one attached hydrogen (secondary N) is 1. The molecule has 2 rings (SSSR count). The Morgan fingerprint density at radius 2 is 2.25 bits per heavy atom. The first-order valence-corrected chi connectivity index (χ1v) is 5.30. The minimum absolute atomic E-state index is 0.238. The summed E-state index contributed by atoms with van der Waals surface area (Å²) in [4.78, 5) is 0. The predicted octanol–water partition coefficient (Wildman–Crippen LogP) is 1.93. The number of nitrogens with two attached hydrogens (primary N) is 1. The fraction of sp³-hybridized carbons (Fsp3) is 0.333. The van der Waals surface area contributed by atoms with E-state index >= 15 is 0 Å². The Morgan fingerprint density at radius 3 is 3.00 bits per heavy atom. The molecular weight excluding hydrogens is 207 g/mol. The summed E-state index contributed by atoms with van der Waals surface area (Å²) >= 11 is 0. The van der Waals surface area contributed by atoms with E-state index in [0.717, 1.165) is 28.8 Å². The highest BCUT2D eigenvalue weighted by atomic mass is 19.1. The zero-order valence-corrected chi connectivity index (χ0v) is 9.22. The molecule has 0 spiro atoms. The van der Waals surface area contributed by atoms with Crippen LogP contribution >= 0.6 is 0 Å². The smallest absolute Gasteiger partial charge is 0.134 e. The molecule has 3 nitrogen and oxygen atoms in total. The van der Waals surface area contributed by atoms with Crippen LogP contribution in [0.2, 0.25) is 0 Å². The maximum atomic E-state index is 13.1. The fourth-order valence-electron chi connectivity index (χ4n) is 1.72. The standard InChI is InChI=1S/C12H15FN2O/c1-8-10-6-9(13)2-3-11(10)16-12(8)7-15-5-4-14/h2-3,6,15H,4-5,7,14H2,1H3. The van der Waals surface area contributed by atoms with E-state index in [1.54, 1.807) is 6.07 Å². The molecule has 0 saturated carbocycles. The van der Waals surface area contributed by atoms with Crippen molar-refractivity contribution < 1.29 is 8.81 Å². The Kier molecular flexibility index (Phi) is 3.22.